The highest BCUT2D eigenvalue weighted by molar-refractivity contribution is 7.92. The normalized spacial score (nSPS) is 14.2. The molecule has 0 atom stereocenters. The summed E-state index contributed by atoms with van der Waals surface area (Å²) in [6, 6.07) is 6.28. The summed E-state index contributed by atoms with van der Waals surface area (Å²) in [4.78, 5) is 15.4. The van der Waals surface area contributed by atoms with Crippen molar-refractivity contribution >= 4 is 39.0 Å². The van der Waals surface area contributed by atoms with E-state index in [1.807, 2.05) is 0 Å². The van der Waals surface area contributed by atoms with Crippen LogP contribution in [0.3, 0.4) is 0 Å². The van der Waals surface area contributed by atoms with Crippen LogP contribution in [0.25, 0.3) is 0 Å². The number of aryl methyl sites for hydroxylation is 1. The van der Waals surface area contributed by atoms with Gasteiger partial charge in [0.25, 0.3) is 10.0 Å². The van der Waals surface area contributed by atoms with E-state index < -0.39 is 10.0 Å². The van der Waals surface area contributed by atoms with E-state index in [0.29, 0.717) is 11.4 Å². The van der Waals surface area contributed by atoms with Gasteiger partial charge < -0.3 is 15.2 Å². The second-order valence-corrected chi connectivity index (χ2v) is 7.46. The topological polar surface area (TPSA) is 105 Å². The van der Waals surface area contributed by atoms with E-state index >= 15 is 0 Å². The molecule has 2 amide bonds. The van der Waals surface area contributed by atoms with Crippen LogP contribution in [0, 0.1) is 0 Å². The van der Waals surface area contributed by atoms with Crippen LogP contribution in [-0.4, -0.2) is 30.0 Å². The lowest BCUT2D eigenvalue weighted by Gasteiger charge is -2.09. The van der Waals surface area contributed by atoms with Gasteiger partial charge in [0.1, 0.15) is 5.15 Å². The van der Waals surface area contributed by atoms with E-state index in [9.17, 15) is 13.2 Å². The molecule has 1 aliphatic carbocycles. The molecule has 1 aliphatic rings. The fourth-order valence-electron chi connectivity index (χ4n) is 1.98. The van der Waals surface area contributed by atoms with Gasteiger partial charge in [-0.15, -0.1) is 0 Å². The lowest BCUT2D eigenvalue weighted by atomic mass is 10.3. The molecule has 1 aromatic carbocycles. The van der Waals surface area contributed by atoms with Gasteiger partial charge in [-0.1, -0.05) is 11.6 Å². The first-order valence-electron chi connectivity index (χ1n) is 7.22. The third kappa shape index (κ3) is 3.80. The number of sulfonamides is 1. The molecular weight excluding hydrogens is 354 g/mol. The fourth-order valence-corrected chi connectivity index (χ4v) is 3.47. The van der Waals surface area contributed by atoms with Gasteiger partial charge in [-0.05, 0) is 37.1 Å². The summed E-state index contributed by atoms with van der Waals surface area (Å²) in [5.74, 6) is 0. The Kier molecular flexibility index (Phi) is 4.37. The molecule has 0 bridgehead atoms. The largest absolute Gasteiger partial charge is 0.335 e. The first-order valence-corrected chi connectivity index (χ1v) is 9.08. The second-order valence-electron chi connectivity index (χ2n) is 5.51. The predicted molar refractivity (Wildman–Crippen MR) is 90.6 cm³/mol. The van der Waals surface area contributed by atoms with E-state index in [-0.39, 0.29) is 22.3 Å². The Morgan fingerprint density at radius 3 is 2.42 bits per heavy atom. The maximum atomic E-state index is 12.3. The van der Waals surface area contributed by atoms with Crippen molar-refractivity contribution in [1.82, 2.24) is 14.9 Å². The second kappa shape index (κ2) is 6.33. The molecule has 0 saturated heterocycles. The summed E-state index contributed by atoms with van der Waals surface area (Å²) in [6.45, 7) is 0. The zero-order valence-corrected chi connectivity index (χ0v) is 14.4. The van der Waals surface area contributed by atoms with Crippen molar-refractivity contribution in [3.05, 3.63) is 35.7 Å². The summed E-state index contributed by atoms with van der Waals surface area (Å²) in [5, 5.41) is 5.27. The number of amides is 2. The highest BCUT2D eigenvalue weighted by Crippen LogP contribution is 2.23. The monoisotopic (exact) mass is 369 g/mol. The first kappa shape index (κ1) is 16.6. The molecule has 0 spiro atoms. The Balaban J connectivity index is 1.67. The summed E-state index contributed by atoms with van der Waals surface area (Å²) in [7, 11) is -2.28. The molecule has 0 aliphatic heterocycles. The molecule has 8 nitrogen and oxygen atoms in total. The van der Waals surface area contributed by atoms with Gasteiger partial charge in [-0.2, -0.15) is 8.42 Å². The van der Waals surface area contributed by atoms with Crippen LogP contribution in [0.15, 0.2) is 35.6 Å². The third-order valence-electron chi connectivity index (χ3n) is 3.40. The number of nitrogens with one attached hydrogen (secondary N) is 3. The minimum Gasteiger partial charge on any atom is -0.335 e. The van der Waals surface area contributed by atoms with Crippen molar-refractivity contribution in [1.29, 1.82) is 0 Å². The number of rotatable bonds is 5. The fraction of sp³-hybridized carbons (Fsp3) is 0.286. The molecule has 24 heavy (non-hydrogen) atoms. The number of urea groups is 1. The number of anilines is 2. The maximum Gasteiger partial charge on any atom is 0.319 e. The summed E-state index contributed by atoms with van der Waals surface area (Å²) < 4.78 is 28.4. The van der Waals surface area contributed by atoms with Crippen LogP contribution in [0.5, 0.6) is 0 Å². The van der Waals surface area contributed by atoms with Gasteiger partial charge >= 0.3 is 6.03 Å². The Bertz CT molecular complexity index is 859. The Morgan fingerprint density at radius 1 is 1.25 bits per heavy atom. The van der Waals surface area contributed by atoms with Gasteiger partial charge in [-0.25, -0.2) is 9.78 Å². The van der Waals surface area contributed by atoms with Gasteiger partial charge in [0.15, 0.2) is 0 Å². The molecule has 0 unspecified atom stereocenters. The molecule has 1 saturated carbocycles. The van der Waals surface area contributed by atoms with Gasteiger partial charge in [0, 0.05) is 24.5 Å². The Hall–Kier alpha value is -2.26. The number of carbonyl (C=O) groups excluding carboxylic acids is 1. The van der Waals surface area contributed by atoms with E-state index in [0.717, 1.165) is 12.8 Å². The minimum absolute atomic E-state index is 0.0255. The first-order chi connectivity index (χ1) is 11.3. The summed E-state index contributed by atoms with van der Waals surface area (Å²) in [6.07, 6.45) is 3.33. The zero-order valence-electron chi connectivity index (χ0n) is 12.8. The standard InChI is InChI=1S/C14H16ClN5O3S/c1-20-8-16-13(12(20)15)24(22,23)19-11-6-4-10(5-7-11)18-14(21)17-9-2-3-9/h4-9,19H,2-3H2,1H3,(H2,17,18,21). The van der Waals surface area contributed by atoms with Crippen molar-refractivity contribution in [2.24, 2.45) is 7.05 Å². The summed E-state index contributed by atoms with van der Waals surface area (Å²) in [5.41, 5.74) is 0.900. The number of hydrogen-bond donors (Lipinski definition) is 3. The Labute approximate surface area is 144 Å². The average Bonchev–Trinajstić information content (AvgIpc) is 3.25. The SMILES string of the molecule is Cn1cnc(S(=O)(=O)Nc2ccc(NC(=O)NC3CC3)cc2)c1Cl. The number of aromatic nitrogens is 2. The zero-order chi connectivity index (χ0) is 17.3. The highest BCUT2D eigenvalue weighted by Gasteiger charge is 2.24. The smallest absolute Gasteiger partial charge is 0.319 e. The quantitative estimate of drug-likeness (QED) is 0.750. The molecular formula is C14H16ClN5O3S. The lowest BCUT2D eigenvalue weighted by Crippen LogP contribution is -2.30. The van der Waals surface area contributed by atoms with Crippen LogP contribution >= 0.6 is 11.6 Å². The van der Waals surface area contributed by atoms with Crippen molar-refractivity contribution in [3.8, 4) is 0 Å². The average molecular weight is 370 g/mol. The minimum atomic E-state index is -3.88. The lowest BCUT2D eigenvalue weighted by molar-refractivity contribution is 0.251. The molecule has 1 aromatic heterocycles. The van der Waals surface area contributed by atoms with Gasteiger partial charge in [-0.3, -0.25) is 4.72 Å². The van der Waals surface area contributed by atoms with Crippen LogP contribution in [0.2, 0.25) is 5.15 Å². The van der Waals surface area contributed by atoms with Gasteiger partial charge in [0.2, 0.25) is 5.03 Å². The van der Waals surface area contributed by atoms with Crippen molar-refractivity contribution in [2.75, 3.05) is 10.0 Å². The number of imidazole rings is 1. The van der Waals surface area contributed by atoms with E-state index in [4.69, 9.17) is 11.6 Å². The predicted octanol–water partition coefficient (Wildman–Crippen LogP) is 2.16. The summed E-state index contributed by atoms with van der Waals surface area (Å²) >= 11 is 5.92. The highest BCUT2D eigenvalue weighted by atomic mass is 35.5. The maximum absolute atomic E-state index is 12.3. The molecule has 128 valence electrons. The van der Waals surface area contributed by atoms with Crippen LogP contribution in [0.4, 0.5) is 16.2 Å². The van der Waals surface area contributed by atoms with E-state index in [2.05, 4.69) is 20.3 Å². The number of benzene rings is 1. The molecule has 1 heterocycles. The molecule has 2 aromatic rings. The third-order valence-corrected chi connectivity index (χ3v) is 5.27. The molecule has 3 N–H and O–H groups in total. The molecule has 3 rings (SSSR count). The number of nitrogens with zero attached hydrogens (tertiary/aromatic N) is 2. The van der Waals surface area contributed by atoms with Crippen LogP contribution in [-0.2, 0) is 17.1 Å². The number of carbonyl (C=O) groups is 1. The Morgan fingerprint density at radius 2 is 1.88 bits per heavy atom. The van der Waals surface area contributed by atoms with Crippen molar-refractivity contribution < 1.29 is 13.2 Å². The van der Waals surface area contributed by atoms with Gasteiger partial charge in [0.05, 0.1) is 6.33 Å². The van der Waals surface area contributed by atoms with Crippen molar-refractivity contribution in [3.63, 3.8) is 0 Å². The van der Waals surface area contributed by atoms with Crippen molar-refractivity contribution in [2.45, 2.75) is 23.9 Å². The molecule has 0 radical (unpaired) electrons. The number of halogens is 1. The van der Waals surface area contributed by atoms with Crippen LogP contribution in [0.1, 0.15) is 12.8 Å². The van der Waals surface area contributed by atoms with Crippen LogP contribution < -0.4 is 15.4 Å². The van der Waals surface area contributed by atoms with E-state index in [1.165, 1.54) is 10.9 Å². The van der Waals surface area contributed by atoms with E-state index in [1.54, 1.807) is 31.3 Å². The molecule has 10 heteroatoms. The number of hydrogen-bond acceptors (Lipinski definition) is 4. The molecule has 1 fully saturated rings.